The minimum Gasteiger partial charge on any atom is -0.338 e. The maximum Gasteiger partial charge on any atom is 0.255 e. The molecule has 5 rings (SSSR count). The Morgan fingerprint density at radius 1 is 0.968 bits per heavy atom. The summed E-state index contributed by atoms with van der Waals surface area (Å²) >= 11 is 0. The van der Waals surface area contributed by atoms with E-state index in [2.05, 4.69) is 52.2 Å². The van der Waals surface area contributed by atoms with Crippen LogP contribution in [0.3, 0.4) is 0 Å². The van der Waals surface area contributed by atoms with Crippen molar-refractivity contribution in [1.82, 2.24) is 19.7 Å². The maximum atomic E-state index is 12.7. The van der Waals surface area contributed by atoms with Crippen molar-refractivity contribution in [2.24, 2.45) is 11.8 Å². The van der Waals surface area contributed by atoms with Crippen LogP contribution in [0.4, 0.5) is 0 Å². The van der Waals surface area contributed by atoms with Gasteiger partial charge < -0.3 is 4.90 Å². The second-order valence-corrected chi connectivity index (χ2v) is 8.94. The molecule has 4 heterocycles. The first-order valence-electron chi connectivity index (χ1n) is 10.9. The molecule has 0 radical (unpaired) electrons. The first kappa shape index (κ1) is 24.0. The average Bonchev–Trinajstić information content (AvgIpc) is 3.31. The number of benzene rings is 1. The number of carbonyl (C=O) groups is 1. The fourth-order valence-corrected chi connectivity index (χ4v) is 5.85. The summed E-state index contributed by atoms with van der Waals surface area (Å²) in [6.45, 7) is 5.30. The fourth-order valence-electron chi connectivity index (χ4n) is 5.85. The van der Waals surface area contributed by atoms with E-state index in [0.29, 0.717) is 17.6 Å². The average molecular weight is 463 g/mol. The number of fused-ring (bicyclic) bond motifs is 1. The number of piperidine rings is 1. The Labute approximate surface area is 197 Å². The van der Waals surface area contributed by atoms with Gasteiger partial charge in [-0.2, -0.15) is 0 Å². The molecule has 7 heteroatoms. The third-order valence-corrected chi connectivity index (χ3v) is 7.24. The largest absolute Gasteiger partial charge is 0.338 e. The molecule has 3 aliphatic rings. The van der Waals surface area contributed by atoms with E-state index in [1.165, 1.54) is 25.2 Å². The van der Waals surface area contributed by atoms with E-state index < -0.39 is 0 Å². The number of likely N-dealkylation sites (tertiary alicyclic amines) is 3. The third kappa shape index (κ3) is 4.75. The van der Waals surface area contributed by atoms with Gasteiger partial charge in [-0.25, -0.2) is 0 Å². The van der Waals surface area contributed by atoms with Crippen LogP contribution in [0.15, 0.2) is 54.9 Å². The van der Waals surface area contributed by atoms with Gasteiger partial charge in [-0.05, 0) is 49.4 Å². The zero-order valence-electron chi connectivity index (χ0n) is 18.0. The minimum absolute atomic E-state index is 0. The van der Waals surface area contributed by atoms with E-state index in [1.807, 2.05) is 17.0 Å². The Kier molecular flexibility index (Phi) is 7.98. The van der Waals surface area contributed by atoms with E-state index in [0.717, 1.165) is 37.8 Å². The lowest BCUT2D eigenvalue weighted by Crippen LogP contribution is -2.46. The summed E-state index contributed by atoms with van der Waals surface area (Å²) < 4.78 is 0. The summed E-state index contributed by atoms with van der Waals surface area (Å²) in [7, 11) is 2.28. The molecular formula is C24H32Cl2N4O. The van der Waals surface area contributed by atoms with E-state index in [-0.39, 0.29) is 30.7 Å². The molecule has 1 amide bonds. The number of hydrogen-bond acceptors (Lipinski definition) is 4. The molecule has 0 aliphatic carbocycles. The van der Waals surface area contributed by atoms with Gasteiger partial charge in [0.2, 0.25) is 0 Å². The standard InChI is InChI=1S/C24H30N4O.2ClH/c1-26-15-20-16-28(17-22(20)23(26)18-6-3-2-4-7-18)21-9-12-27(13-10-21)24(29)19-8-5-11-25-14-19;;/h2-8,11,14,20-23H,9-10,12-13,15-17H2,1H3;2*1H/t20-,22+,23-;;/m0../s1. The summed E-state index contributed by atoms with van der Waals surface area (Å²) in [5.74, 6) is 1.61. The van der Waals surface area contributed by atoms with Crippen LogP contribution < -0.4 is 0 Å². The highest BCUT2D eigenvalue weighted by atomic mass is 35.5. The Morgan fingerprint density at radius 2 is 1.71 bits per heavy atom. The molecule has 3 fully saturated rings. The van der Waals surface area contributed by atoms with Crippen LogP contribution in [0.2, 0.25) is 0 Å². The maximum absolute atomic E-state index is 12.7. The molecule has 31 heavy (non-hydrogen) atoms. The fraction of sp³-hybridized carbons (Fsp3) is 0.500. The highest BCUT2D eigenvalue weighted by Gasteiger charge is 2.47. The van der Waals surface area contributed by atoms with Crippen molar-refractivity contribution in [1.29, 1.82) is 0 Å². The van der Waals surface area contributed by atoms with Crippen molar-refractivity contribution in [2.45, 2.75) is 24.9 Å². The lowest BCUT2D eigenvalue weighted by molar-refractivity contribution is 0.0628. The van der Waals surface area contributed by atoms with E-state index in [1.54, 1.807) is 12.4 Å². The number of hydrogen-bond donors (Lipinski definition) is 0. The highest BCUT2D eigenvalue weighted by Crippen LogP contribution is 2.45. The summed E-state index contributed by atoms with van der Waals surface area (Å²) in [5.41, 5.74) is 2.16. The van der Waals surface area contributed by atoms with Crippen molar-refractivity contribution >= 4 is 30.7 Å². The quantitative estimate of drug-likeness (QED) is 0.695. The summed E-state index contributed by atoms with van der Waals surface area (Å²) in [4.78, 5) is 24.1. The predicted molar refractivity (Wildman–Crippen MR) is 128 cm³/mol. The van der Waals surface area contributed by atoms with Crippen LogP contribution in [-0.2, 0) is 0 Å². The number of carbonyl (C=O) groups excluding carboxylic acids is 1. The topological polar surface area (TPSA) is 39.7 Å². The normalized spacial score (nSPS) is 26.7. The number of aromatic nitrogens is 1. The lowest BCUT2D eigenvalue weighted by atomic mass is 9.90. The molecule has 0 bridgehead atoms. The number of nitrogens with zero attached hydrogens (tertiary/aromatic N) is 4. The predicted octanol–water partition coefficient (Wildman–Crippen LogP) is 3.76. The lowest BCUT2D eigenvalue weighted by Gasteiger charge is -2.37. The number of rotatable bonds is 3. The second kappa shape index (κ2) is 10.3. The van der Waals surface area contributed by atoms with Gasteiger partial charge in [-0.1, -0.05) is 30.3 Å². The zero-order valence-corrected chi connectivity index (χ0v) is 19.6. The second-order valence-electron chi connectivity index (χ2n) is 8.94. The van der Waals surface area contributed by atoms with Gasteiger partial charge in [0.25, 0.3) is 5.91 Å². The monoisotopic (exact) mass is 462 g/mol. The molecule has 5 nitrogen and oxygen atoms in total. The summed E-state index contributed by atoms with van der Waals surface area (Å²) in [6, 6.07) is 15.9. The van der Waals surface area contributed by atoms with Crippen LogP contribution in [-0.4, -0.2) is 71.4 Å². The zero-order chi connectivity index (χ0) is 19.8. The van der Waals surface area contributed by atoms with Crippen LogP contribution in [0.25, 0.3) is 0 Å². The SMILES string of the molecule is CN1C[C@H]2CN(C3CCN(C(=O)c4cccnc4)CC3)C[C@H]2[C@@H]1c1ccccc1.Cl.Cl. The molecule has 3 saturated heterocycles. The van der Waals surface area contributed by atoms with Gasteiger partial charge in [-0.3, -0.25) is 19.6 Å². The Morgan fingerprint density at radius 3 is 2.39 bits per heavy atom. The first-order chi connectivity index (χ1) is 14.2. The third-order valence-electron chi connectivity index (χ3n) is 7.24. The molecule has 0 saturated carbocycles. The molecule has 3 aliphatic heterocycles. The van der Waals surface area contributed by atoms with Gasteiger partial charge in [-0.15, -0.1) is 24.8 Å². The molecule has 1 aromatic carbocycles. The van der Waals surface area contributed by atoms with Crippen LogP contribution in [0.1, 0.15) is 34.8 Å². The summed E-state index contributed by atoms with van der Waals surface area (Å²) in [5, 5.41) is 0. The van der Waals surface area contributed by atoms with Crippen LogP contribution >= 0.6 is 24.8 Å². The molecule has 1 aromatic heterocycles. The number of amides is 1. The molecule has 0 N–H and O–H groups in total. The number of halogens is 2. The van der Waals surface area contributed by atoms with Gasteiger partial charge in [0.1, 0.15) is 0 Å². The van der Waals surface area contributed by atoms with Crippen molar-refractivity contribution in [3.8, 4) is 0 Å². The van der Waals surface area contributed by atoms with Gasteiger partial charge in [0.15, 0.2) is 0 Å². The smallest absolute Gasteiger partial charge is 0.255 e. The van der Waals surface area contributed by atoms with Crippen molar-refractivity contribution in [3.05, 3.63) is 66.0 Å². The van der Waals surface area contributed by atoms with Crippen molar-refractivity contribution < 1.29 is 4.79 Å². The molecular weight excluding hydrogens is 431 g/mol. The van der Waals surface area contributed by atoms with Gasteiger partial charge in [0.05, 0.1) is 5.56 Å². The van der Waals surface area contributed by atoms with E-state index in [9.17, 15) is 4.79 Å². The number of pyridine rings is 1. The Bertz CT molecular complexity index is 845. The minimum atomic E-state index is 0. The Hall–Kier alpha value is -1.66. The molecule has 0 unspecified atom stereocenters. The van der Waals surface area contributed by atoms with E-state index >= 15 is 0 Å². The summed E-state index contributed by atoms with van der Waals surface area (Å²) in [6.07, 6.45) is 5.55. The first-order valence-corrected chi connectivity index (χ1v) is 10.9. The van der Waals surface area contributed by atoms with E-state index in [4.69, 9.17) is 0 Å². The van der Waals surface area contributed by atoms with Crippen molar-refractivity contribution in [2.75, 3.05) is 39.8 Å². The highest BCUT2D eigenvalue weighted by molar-refractivity contribution is 5.93. The molecule has 0 spiro atoms. The Balaban J connectivity index is 0.00000136. The van der Waals surface area contributed by atoms with Gasteiger partial charge >= 0.3 is 0 Å². The van der Waals surface area contributed by atoms with Gasteiger partial charge in [0, 0.05) is 57.2 Å². The van der Waals surface area contributed by atoms with Crippen molar-refractivity contribution in [3.63, 3.8) is 0 Å². The van der Waals surface area contributed by atoms with Crippen LogP contribution in [0.5, 0.6) is 0 Å². The van der Waals surface area contributed by atoms with Crippen LogP contribution in [0, 0.1) is 11.8 Å². The molecule has 2 aromatic rings. The molecule has 168 valence electrons. The molecule has 3 atom stereocenters.